The maximum absolute atomic E-state index is 14.1. The van der Waals surface area contributed by atoms with Gasteiger partial charge in [-0.1, -0.05) is 96.1 Å². The van der Waals surface area contributed by atoms with Gasteiger partial charge in [-0.25, -0.2) is 4.98 Å². The third-order valence-corrected chi connectivity index (χ3v) is 8.18. The van der Waals surface area contributed by atoms with Crippen LogP contribution in [-0.4, -0.2) is 16.7 Å². The summed E-state index contributed by atoms with van der Waals surface area (Å²) in [6, 6.07) is 21.0. The molecule has 0 radical (unpaired) electrons. The normalized spacial score (nSPS) is 24.1. The summed E-state index contributed by atoms with van der Waals surface area (Å²) in [5.41, 5.74) is 4.57. The average molecular weight is 481 g/mol. The maximum Gasteiger partial charge on any atom is 0.237 e. The van der Waals surface area contributed by atoms with Crippen LogP contribution in [0, 0.1) is 0 Å². The van der Waals surface area contributed by atoms with Gasteiger partial charge in [0, 0.05) is 36.4 Å². The summed E-state index contributed by atoms with van der Waals surface area (Å²) in [7, 11) is 0. The highest BCUT2D eigenvalue weighted by Gasteiger charge is 2.61. The second-order valence-corrected chi connectivity index (χ2v) is 12.5. The molecule has 3 aromatic rings. The van der Waals surface area contributed by atoms with Crippen molar-refractivity contribution in [3.05, 3.63) is 94.7 Å². The Morgan fingerprint density at radius 2 is 1.22 bits per heavy atom. The number of pyridine rings is 1. The molecule has 186 valence electrons. The Morgan fingerprint density at radius 3 is 1.67 bits per heavy atom. The van der Waals surface area contributed by atoms with Gasteiger partial charge in [-0.3, -0.25) is 9.59 Å². The summed E-state index contributed by atoms with van der Waals surface area (Å²) < 4.78 is 0. The van der Waals surface area contributed by atoms with E-state index in [2.05, 4.69) is 100 Å². The number of ketones is 1. The van der Waals surface area contributed by atoms with Crippen molar-refractivity contribution < 1.29 is 9.59 Å². The third kappa shape index (κ3) is 3.87. The minimum absolute atomic E-state index is 0.0250. The van der Waals surface area contributed by atoms with E-state index in [-0.39, 0.29) is 34.4 Å². The molecular weight excluding hydrogens is 444 g/mol. The van der Waals surface area contributed by atoms with Crippen molar-refractivity contribution in [3.63, 3.8) is 0 Å². The van der Waals surface area contributed by atoms with Gasteiger partial charge >= 0.3 is 0 Å². The van der Waals surface area contributed by atoms with E-state index in [9.17, 15) is 9.59 Å². The van der Waals surface area contributed by atoms with Gasteiger partial charge in [-0.2, -0.15) is 0 Å². The van der Waals surface area contributed by atoms with Gasteiger partial charge in [0.25, 0.3) is 0 Å². The Kier molecular flexibility index (Phi) is 5.70. The van der Waals surface area contributed by atoms with E-state index in [1.807, 2.05) is 12.1 Å². The molecule has 2 heterocycles. The van der Waals surface area contributed by atoms with Crippen LogP contribution in [0.4, 0.5) is 5.82 Å². The predicted octanol–water partition coefficient (Wildman–Crippen LogP) is 6.80. The molecule has 1 N–H and O–H groups in total. The largest absolute Gasteiger partial charge is 0.310 e. The van der Waals surface area contributed by atoms with Crippen LogP contribution in [0.2, 0.25) is 0 Å². The molecule has 0 bridgehead atoms. The number of carbonyl (C=O) groups is 2. The molecule has 1 aliphatic carbocycles. The van der Waals surface area contributed by atoms with Gasteiger partial charge in [-0.05, 0) is 39.2 Å². The summed E-state index contributed by atoms with van der Waals surface area (Å²) in [5, 5.41) is 3.08. The molecule has 2 aliphatic rings. The first-order chi connectivity index (χ1) is 16.9. The number of nitrogens with zero attached hydrogens (tertiary/aromatic N) is 1. The smallest absolute Gasteiger partial charge is 0.237 e. The van der Waals surface area contributed by atoms with Gasteiger partial charge in [0.1, 0.15) is 11.6 Å². The fourth-order valence-corrected chi connectivity index (χ4v) is 6.16. The molecule has 4 heteroatoms. The Balaban J connectivity index is 1.70. The molecule has 1 saturated carbocycles. The van der Waals surface area contributed by atoms with Gasteiger partial charge in [0.15, 0.2) is 0 Å². The summed E-state index contributed by atoms with van der Waals surface area (Å²) in [6.45, 7) is 13.2. The Bertz CT molecular complexity index is 1240. The first-order valence-electron chi connectivity index (χ1n) is 12.9. The Morgan fingerprint density at radius 1 is 0.750 bits per heavy atom. The third-order valence-electron chi connectivity index (χ3n) is 8.18. The van der Waals surface area contributed by atoms with Crippen LogP contribution in [0.5, 0.6) is 0 Å². The highest BCUT2D eigenvalue weighted by molar-refractivity contribution is 6.08. The molecule has 2 unspecified atom stereocenters. The lowest BCUT2D eigenvalue weighted by molar-refractivity contribution is -0.128. The number of anilines is 1. The maximum atomic E-state index is 14.1. The monoisotopic (exact) mass is 480 g/mol. The minimum Gasteiger partial charge on any atom is -0.310 e. The molecule has 1 amide bonds. The summed E-state index contributed by atoms with van der Waals surface area (Å²) in [5.74, 6) is 0.208. The predicted molar refractivity (Wildman–Crippen MR) is 145 cm³/mol. The lowest BCUT2D eigenvalue weighted by Crippen LogP contribution is -2.50. The summed E-state index contributed by atoms with van der Waals surface area (Å²) in [4.78, 5) is 31.9. The van der Waals surface area contributed by atoms with Crippen molar-refractivity contribution in [2.45, 2.75) is 82.5 Å². The average Bonchev–Trinajstić information content (AvgIpc) is 3.11. The molecule has 4 nitrogen and oxygen atoms in total. The van der Waals surface area contributed by atoms with Gasteiger partial charge in [0.05, 0.1) is 5.41 Å². The molecule has 1 aliphatic heterocycles. The van der Waals surface area contributed by atoms with Crippen LogP contribution < -0.4 is 5.32 Å². The number of Topliss-reactive ketones (excluding diaryl/α,β-unsaturated/α-hetero) is 1. The van der Waals surface area contributed by atoms with Crippen LogP contribution in [0.3, 0.4) is 0 Å². The zero-order valence-electron chi connectivity index (χ0n) is 22.2. The van der Waals surface area contributed by atoms with Gasteiger partial charge < -0.3 is 5.32 Å². The molecule has 1 fully saturated rings. The SMILES string of the molecule is CC(C)(C)c1ccc(C2CC(=O)CC(c3ccc(C(C)(C)C)cc3)C23C(=O)Nc2ncccc23)cc1. The standard InChI is InChI=1S/C32H36N2O2/c1-30(2,3)22-13-9-20(10-14-22)26-18-24(35)19-27(21-11-15-23(16-12-21)31(4,5)6)32(26)25-8-7-17-33-28(25)34-29(32)36/h7-17,26-27H,18-19H2,1-6H3,(H,33,34,36). The topological polar surface area (TPSA) is 59.1 Å². The number of aromatic nitrogens is 1. The van der Waals surface area contributed by atoms with Crippen LogP contribution in [0.25, 0.3) is 0 Å². The Labute approximate surface area is 214 Å². The lowest BCUT2D eigenvalue weighted by Gasteiger charge is -2.46. The Hall–Kier alpha value is -3.27. The number of hydrogen-bond acceptors (Lipinski definition) is 3. The zero-order chi connectivity index (χ0) is 25.9. The molecule has 2 aromatic carbocycles. The quantitative estimate of drug-likeness (QED) is 0.439. The highest BCUT2D eigenvalue weighted by atomic mass is 16.2. The van der Waals surface area contributed by atoms with Crippen molar-refractivity contribution in [1.29, 1.82) is 0 Å². The van der Waals surface area contributed by atoms with E-state index in [0.717, 1.165) is 16.7 Å². The van der Waals surface area contributed by atoms with E-state index >= 15 is 0 Å². The van der Waals surface area contributed by atoms with Crippen molar-refractivity contribution in [3.8, 4) is 0 Å². The molecular formula is C32H36N2O2. The zero-order valence-corrected chi connectivity index (χ0v) is 22.2. The van der Waals surface area contributed by atoms with E-state index in [1.165, 1.54) is 11.1 Å². The van der Waals surface area contributed by atoms with Crippen LogP contribution in [-0.2, 0) is 25.8 Å². The number of rotatable bonds is 2. The molecule has 2 atom stereocenters. The number of fused-ring (bicyclic) bond motifs is 2. The molecule has 5 rings (SSSR count). The lowest BCUT2D eigenvalue weighted by atomic mass is 9.54. The molecule has 0 saturated heterocycles. The number of amides is 1. The van der Waals surface area contributed by atoms with Crippen molar-refractivity contribution in [1.82, 2.24) is 4.98 Å². The number of nitrogens with one attached hydrogen (secondary N) is 1. The van der Waals surface area contributed by atoms with Crippen molar-refractivity contribution in [2.24, 2.45) is 0 Å². The van der Waals surface area contributed by atoms with Gasteiger partial charge in [0.2, 0.25) is 5.91 Å². The molecule has 1 spiro atoms. The molecule has 36 heavy (non-hydrogen) atoms. The number of hydrogen-bond donors (Lipinski definition) is 1. The van der Waals surface area contributed by atoms with Crippen LogP contribution in [0.1, 0.15) is 94.0 Å². The van der Waals surface area contributed by atoms with E-state index in [1.54, 1.807) is 6.20 Å². The van der Waals surface area contributed by atoms with Gasteiger partial charge in [-0.15, -0.1) is 0 Å². The van der Waals surface area contributed by atoms with Crippen molar-refractivity contribution in [2.75, 3.05) is 5.32 Å². The van der Waals surface area contributed by atoms with E-state index in [0.29, 0.717) is 18.7 Å². The minimum atomic E-state index is -0.899. The fourth-order valence-electron chi connectivity index (χ4n) is 6.16. The van der Waals surface area contributed by atoms with Crippen LogP contribution in [0.15, 0.2) is 66.9 Å². The van der Waals surface area contributed by atoms with Crippen molar-refractivity contribution >= 4 is 17.5 Å². The molecule has 1 aromatic heterocycles. The van der Waals surface area contributed by atoms with E-state index in [4.69, 9.17) is 0 Å². The second-order valence-electron chi connectivity index (χ2n) is 12.5. The first kappa shape index (κ1) is 24.4. The fraction of sp³-hybridized carbons (Fsp3) is 0.406. The van der Waals surface area contributed by atoms with E-state index < -0.39 is 5.41 Å². The highest BCUT2D eigenvalue weighted by Crippen LogP contribution is 2.59. The first-order valence-corrected chi connectivity index (χ1v) is 12.9. The second kappa shape index (κ2) is 8.40. The number of benzene rings is 2. The summed E-state index contributed by atoms with van der Waals surface area (Å²) >= 11 is 0. The van der Waals surface area contributed by atoms with Crippen LogP contribution >= 0.6 is 0 Å². The summed E-state index contributed by atoms with van der Waals surface area (Å²) in [6.07, 6.45) is 2.40. The number of carbonyl (C=O) groups excluding carboxylic acids is 2.